The van der Waals surface area contributed by atoms with Crippen LogP contribution in [0.25, 0.3) is 0 Å². The van der Waals surface area contributed by atoms with E-state index < -0.39 is 12.1 Å². The van der Waals surface area contributed by atoms with Crippen LogP contribution in [0.5, 0.6) is 0 Å². The molecule has 0 fully saturated rings. The summed E-state index contributed by atoms with van der Waals surface area (Å²) in [6, 6.07) is -0.648. The van der Waals surface area contributed by atoms with Gasteiger partial charge < -0.3 is 14.8 Å². The molecule has 0 saturated carbocycles. The highest BCUT2D eigenvalue weighted by Gasteiger charge is 2.26. The van der Waals surface area contributed by atoms with E-state index in [0.717, 1.165) is 38.5 Å². The monoisotopic (exact) mass is 301 g/mol. The highest BCUT2D eigenvalue weighted by atomic mass is 16.6. The molecule has 0 bridgehead atoms. The van der Waals surface area contributed by atoms with Gasteiger partial charge in [0.2, 0.25) is 0 Å². The molecule has 0 aliphatic rings. The van der Waals surface area contributed by atoms with Gasteiger partial charge in [-0.15, -0.1) is 0 Å². The molecule has 0 aromatic heterocycles. The second kappa shape index (κ2) is 12.5. The number of hydrogen-bond donors (Lipinski definition) is 1. The van der Waals surface area contributed by atoms with E-state index in [-0.39, 0.29) is 11.9 Å². The molecule has 5 nitrogen and oxygen atoms in total. The first-order valence-corrected chi connectivity index (χ1v) is 8.12. The first-order valence-electron chi connectivity index (χ1n) is 8.12. The maximum absolute atomic E-state index is 12.0. The Hall–Kier alpha value is -1.26. The smallest absolute Gasteiger partial charge is 0.407 e. The lowest BCUT2D eigenvalue weighted by Crippen LogP contribution is -2.45. The van der Waals surface area contributed by atoms with Crippen LogP contribution in [0.4, 0.5) is 4.79 Å². The minimum Gasteiger partial charge on any atom is -0.464 e. The Kier molecular flexibility index (Phi) is 11.7. The third-order valence-corrected chi connectivity index (χ3v) is 3.17. The van der Waals surface area contributed by atoms with E-state index in [2.05, 4.69) is 12.2 Å². The number of amides is 1. The van der Waals surface area contributed by atoms with Crippen LogP contribution in [0.2, 0.25) is 0 Å². The molecule has 1 amide bonds. The Morgan fingerprint density at radius 1 is 0.905 bits per heavy atom. The number of nitrogens with one attached hydrogen (secondary N) is 1. The number of esters is 1. The van der Waals surface area contributed by atoms with Crippen molar-refractivity contribution in [2.75, 3.05) is 13.2 Å². The molecule has 0 aliphatic carbocycles. The average Bonchev–Trinajstić information content (AvgIpc) is 2.44. The number of hydrogen-bond acceptors (Lipinski definition) is 4. The summed E-state index contributed by atoms with van der Waals surface area (Å²) in [7, 11) is 0. The van der Waals surface area contributed by atoms with Crippen molar-refractivity contribution in [2.45, 2.75) is 72.3 Å². The van der Waals surface area contributed by atoms with E-state index in [1.54, 1.807) is 0 Å². The summed E-state index contributed by atoms with van der Waals surface area (Å²) >= 11 is 0. The van der Waals surface area contributed by atoms with E-state index in [1.165, 1.54) is 0 Å². The van der Waals surface area contributed by atoms with Gasteiger partial charge >= 0.3 is 12.1 Å². The van der Waals surface area contributed by atoms with Gasteiger partial charge in [-0.1, -0.05) is 53.4 Å². The molecule has 1 atom stereocenters. The lowest BCUT2D eigenvalue weighted by atomic mass is 10.1. The normalized spacial score (nSPS) is 12.0. The Morgan fingerprint density at radius 2 is 1.52 bits per heavy atom. The van der Waals surface area contributed by atoms with Crippen molar-refractivity contribution < 1.29 is 19.1 Å². The van der Waals surface area contributed by atoms with E-state index in [4.69, 9.17) is 9.47 Å². The van der Waals surface area contributed by atoms with Gasteiger partial charge in [0.25, 0.3) is 0 Å². The average molecular weight is 301 g/mol. The van der Waals surface area contributed by atoms with Crippen LogP contribution in [0.1, 0.15) is 66.2 Å². The number of ether oxygens (including phenoxy) is 2. The molecule has 0 spiro atoms. The molecule has 0 aliphatic heterocycles. The zero-order chi connectivity index (χ0) is 16.1. The van der Waals surface area contributed by atoms with Crippen molar-refractivity contribution in [1.82, 2.24) is 5.32 Å². The second-order valence-corrected chi connectivity index (χ2v) is 5.58. The van der Waals surface area contributed by atoms with Gasteiger partial charge in [0.15, 0.2) is 0 Å². The van der Waals surface area contributed by atoms with Crippen molar-refractivity contribution in [3.05, 3.63) is 0 Å². The van der Waals surface area contributed by atoms with E-state index in [9.17, 15) is 9.59 Å². The van der Waals surface area contributed by atoms with Gasteiger partial charge in [0, 0.05) is 0 Å². The van der Waals surface area contributed by atoms with Gasteiger partial charge in [0.1, 0.15) is 6.04 Å². The quantitative estimate of drug-likeness (QED) is 0.467. The summed E-state index contributed by atoms with van der Waals surface area (Å²) in [5.74, 6) is -0.416. The standard InChI is InChI=1S/C16H31NO4/c1-5-7-9-10-12-20-15(18)14(13(3)4)17-16(19)21-11-8-6-2/h13-14H,5-12H2,1-4H3,(H,17,19)/t14-/m0/s1. The third-order valence-electron chi connectivity index (χ3n) is 3.17. The van der Waals surface area contributed by atoms with Crippen molar-refractivity contribution in [2.24, 2.45) is 5.92 Å². The van der Waals surface area contributed by atoms with Gasteiger partial charge in [-0.25, -0.2) is 9.59 Å². The zero-order valence-electron chi connectivity index (χ0n) is 13.9. The third kappa shape index (κ3) is 10.2. The molecule has 0 aromatic carbocycles. The molecule has 5 heteroatoms. The Bertz CT molecular complexity index is 292. The molecule has 0 unspecified atom stereocenters. The summed E-state index contributed by atoms with van der Waals surface area (Å²) in [5.41, 5.74) is 0. The maximum Gasteiger partial charge on any atom is 0.407 e. The van der Waals surface area contributed by atoms with Crippen molar-refractivity contribution in [1.29, 1.82) is 0 Å². The SMILES string of the molecule is CCCCCCOC(=O)[C@@H](NC(=O)OCCCC)C(C)C. The van der Waals surface area contributed by atoms with Gasteiger partial charge in [-0.3, -0.25) is 0 Å². The minimum absolute atomic E-state index is 0.0353. The second-order valence-electron chi connectivity index (χ2n) is 5.58. The van der Waals surface area contributed by atoms with Crippen LogP contribution in [-0.4, -0.2) is 31.3 Å². The van der Waals surface area contributed by atoms with Gasteiger partial charge in [-0.05, 0) is 18.8 Å². The summed E-state index contributed by atoms with van der Waals surface area (Å²) in [5, 5.41) is 2.59. The summed E-state index contributed by atoms with van der Waals surface area (Å²) < 4.78 is 10.2. The van der Waals surface area contributed by atoms with Crippen LogP contribution in [0, 0.1) is 5.92 Å². The summed E-state index contributed by atoms with van der Waals surface area (Å²) in [6.45, 7) is 8.68. The number of carbonyl (C=O) groups is 2. The van der Waals surface area contributed by atoms with Crippen LogP contribution in [0.3, 0.4) is 0 Å². The largest absolute Gasteiger partial charge is 0.464 e. The zero-order valence-corrected chi connectivity index (χ0v) is 13.9. The predicted octanol–water partition coefficient (Wildman–Crippen LogP) is 3.66. The molecular formula is C16H31NO4. The first-order chi connectivity index (χ1) is 10.0. The minimum atomic E-state index is -0.648. The molecule has 1 N–H and O–H groups in total. The van der Waals surface area contributed by atoms with E-state index in [0.29, 0.717) is 13.2 Å². The molecule has 0 rings (SSSR count). The molecule has 0 aromatic rings. The topological polar surface area (TPSA) is 64.6 Å². The molecule has 21 heavy (non-hydrogen) atoms. The number of carbonyl (C=O) groups excluding carboxylic acids is 2. The Balaban J connectivity index is 4.09. The van der Waals surface area contributed by atoms with Crippen LogP contribution < -0.4 is 5.32 Å². The van der Waals surface area contributed by atoms with Crippen LogP contribution >= 0.6 is 0 Å². The van der Waals surface area contributed by atoms with Crippen molar-refractivity contribution in [3.63, 3.8) is 0 Å². The number of unbranched alkanes of at least 4 members (excludes halogenated alkanes) is 4. The molecule has 0 radical (unpaired) electrons. The van der Waals surface area contributed by atoms with Crippen LogP contribution in [-0.2, 0) is 14.3 Å². The summed E-state index contributed by atoms with van der Waals surface area (Å²) in [6.07, 6.45) is 5.45. The molecular weight excluding hydrogens is 270 g/mol. The highest BCUT2D eigenvalue weighted by molar-refractivity contribution is 5.81. The molecule has 124 valence electrons. The highest BCUT2D eigenvalue weighted by Crippen LogP contribution is 2.06. The lowest BCUT2D eigenvalue weighted by Gasteiger charge is -2.20. The Morgan fingerprint density at radius 3 is 2.10 bits per heavy atom. The number of rotatable bonds is 11. The van der Waals surface area contributed by atoms with Crippen molar-refractivity contribution >= 4 is 12.1 Å². The van der Waals surface area contributed by atoms with E-state index in [1.807, 2.05) is 20.8 Å². The fourth-order valence-corrected chi connectivity index (χ4v) is 1.77. The molecule has 0 heterocycles. The Labute approximate surface area is 128 Å². The maximum atomic E-state index is 12.0. The van der Waals surface area contributed by atoms with Gasteiger partial charge in [-0.2, -0.15) is 0 Å². The first kappa shape index (κ1) is 19.7. The fourth-order valence-electron chi connectivity index (χ4n) is 1.77. The number of alkyl carbamates (subject to hydrolysis) is 1. The summed E-state index contributed by atoms with van der Waals surface area (Å²) in [4.78, 5) is 23.6. The van der Waals surface area contributed by atoms with Gasteiger partial charge in [0.05, 0.1) is 13.2 Å². The van der Waals surface area contributed by atoms with Crippen molar-refractivity contribution in [3.8, 4) is 0 Å². The lowest BCUT2D eigenvalue weighted by molar-refractivity contribution is -0.147. The van der Waals surface area contributed by atoms with E-state index >= 15 is 0 Å². The molecule has 0 saturated heterocycles. The predicted molar refractivity (Wildman–Crippen MR) is 83.1 cm³/mol. The fraction of sp³-hybridized carbons (Fsp3) is 0.875. The van der Waals surface area contributed by atoms with Crippen LogP contribution in [0.15, 0.2) is 0 Å².